The van der Waals surface area contributed by atoms with E-state index in [1.54, 1.807) is 0 Å². The highest BCUT2D eigenvalue weighted by atomic mass is 16.2. The summed E-state index contributed by atoms with van der Waals surface area (Å²) in [6.45, 7) is 10.4. The predicted molar refractivity (Wildman–Crippen MR) is 124 cm³/mol. The van der Waals surface area contributed by atoms with Crippen molar-refractivity contribution in [2.75, 3.05) is 64.3 Å². The SMILES string of the molecule is CN=C(NCc1ccc(N2CCCC2)nc1)N1CCN(C(C)C(=O)N2CCCC2)CC1. The molecule has 4 rings (SSSR count). The minimum atomic E-state index is -0.0320. The fraction of sp³-hybridized carbons (Fsp3) is 0.696. The number of anilines is 1. The Bertz CT molecular complexity index is 746. The number of amides is 1. The molecule has 1 aromatic rings. The summed E-state index contributed by atoms with van der Waals surface area (Å²) in [6.07, 6.45) is 6.78. The lowest BCUT2D eigenvalue weighted by molar-refractivity contribution is -0.135. The quantitative estimate of drug-likeness (QED) is 0.566. The van der Waals surface area contributed by atoms with E-state index in [0.717, 1.165) is 82.5 Å². The Labute approximate surface area is 186 Å². The summed E-state index contributed by atoms with van der Waals surface area (Å²) in [5, 5.41) is 3.48. The summed E-state index contributed by atoms with van der Waals surface area (Å²) in [4.78, 5) is 30.8. The van der Waals surface area contributed by atoms with E-state index < -0.39 is 0 Å². The monoisotopic (exact) mass is 427 g/mol. The van der Waals surface area contributed by atoms with Gasteiger partial charge < -0.3 is 20.0 Å². The van der Waals surface area contributed by atoms with Crippen LogP contribution in [-0.4, -0.2) is 97.0 Å². The van der Waals surface area contributed by atoms with Crippen LogP contribution in [0.2, 0.25) is 0 Å². The first kappa shape index (κ1) is 21.9. The first-order valence-corrected chi connectivity index (χ1v) is 11.8. The van der Waals surface area contributed by atoms with Gasteiger partial charge in [0, 0.05) is 72.1 Å². The summed E-state index contributed by atoms with van der Waals surface area (Å²) in [5.41, 5.74) is 1.16. The molecule has 1 N–H and O–H groups in total. The van der Waals surface area contributed by atoms with Crippen molar-refractivity contribution in [2.24, 2.45) is 4.99 Å². The maximum atomic E-state index is 12.7. The number of nitrogens with zero attached hydrogens (tertiary/aromatic N) is 6. The standard InChI is InChI=1S/C23H37N7O/c1-19(22(31)29-11-5-6-12-29)27-13-15-30(16-14-27)23(24-2)26-18-20-7-8-21(25-17-20)28-9-3-4-10-28/h7-8,17,19H,3-6,9-16,18H2,1-2H3,(H,24,26). The van der Waals surface area contributed by atoms with E-state index in [4.69, 9.17) is 0 Å². The third kappa shape index (κ3) is 5.29. The van der Waals surface area contributed by atoms with Crippen molar-refractivity contribution >= 4 is 17.7 Å². The van der Waals surface area contributed by atoms with E-state index in [1.165, 1.54) is 12.8 Å². The molecule has 8 heteroatoms. The van der Waals surface area contributed by atoms with E-state index in [-0.39, 0.29) is 6.04 Å². The number of likely N-dealkylation sites (tertiary alicyclic amines) is 1. The maximum absolute atomic E-state index is 12.7. The van der Waals surface area contributed by atoms with Crippen LogP contribution in [0.5, 0.6) is 0 Å². The highest BCUT2D eigenvalue weighted by Gasteiger charge is 2.30. The number of guanidine groups is 1. The Morgan fingerprint density at radius 1 is 1.00 bits per heavy atom. The predicted octanol–water partition coefficient (Wildman–Crippen LogP) is 1.39. The molecule has 4 heterocycles. The molecule has 8 nitrogen and oxygen atoms in total. The third-order valence-corrected chi connectivity index (χ3v) is 6.84. The minimum Gasteiger partial charge on any atom is -0.357 e. The fourth-order valence-electron chi connectivity index (χ4n) is 4.85. The largest absolute Gasteiger partial charge is 0.357 e. The van der Waals surface area contributed by atoms with Crippen LogP contribution in [0.15, 0.2) is 23.3 Å². The van der Waals surface area contributed by atoms with Crippen LogP contribution in [0, 0.1) is 0 Å². The Morgan fingerprint density at radius 2 is 1.68 bits per heavy atom. The number of carbonyl (C=O) groups is 1. The topological polar surface area (TPSA) is 67.3 Å². The van der Waals surface area contributed by atoms with E-state index in [1.807, 2.05) is 18.1 Å². The number of piperazine rings is 1. The summed E-state index contributed by atoms with van der Waals surface area (Å²) in [5.74, 6) is 2.29. The minimum absolute atomic E-state index is 0.0320. The van der Waals surface area contributed by atoms with Gasteiger partial charge >= 0.3 is 0 Å². The van der Waals surface area contributed by atoms with Crippen molar-refractivity contribution in [1.29, 1.82) is 0 Å². The first-order chi connectivity index (χ1) is 15.2. The van der Waals surface area contributed by atoms with Gasteiger partial charge in [-0.05, 0) is 44.2 Å². The summed E-state index contributed by atoms with van der Waals surface area (Å²) in [6, 6.07) is 4.25. The van der Waals surface area contributed by atoms with Gasteiger partial charge in [-0.15, -0.1) is 0 Å². The highest BCUT2D eigenvalue weighted by Crippen LogP contribution is 2.18. The van der Waals surface area contributed by atoms with Gasteiger partial charge in [0.2, 0.25) is 5.91 Å². The number of aromatic nitrogens is 1. The average molecular weight is 428 g/mol. The number of pyridine rings is 1. The van der Waals surface area contributed by atoms with Crippen LogP contribution in [0.3, 0.4) is 0 Å². The molecular formula is C23H37N7O. The first-order valence-electron chi connectivity index (χ1n) is 11.8. The molecule has 0 aromatic carbocycles. The number of hydrogen-bond acceptors (Lipinski definition) is 5. The van der Waals surface area contributed by atoms with E-state index in [9.17, 15) is 4.79 Å². The second-order valence-electron chi connectivity index (χ2n) is 8.85. The molecular weight excluding hydrogens is 390 g/mol. The summed E-state index contributed by atoms with van der Waals surface area (Å²) >= 11 is 0. The third-order valence-electron chi connectivity index (χ3n) is 6.84. The number of nitrogens with one attached hydrogen (secondary N) is 1. The molecule has 0 aliphatic carbocycles. The summed E-state index contributed by atoms with van der Waals surface area (Å²) < 4.78 is 0. The van der Waals surface area contributed by atoms with Crippen LogP contribution in [0.4, 0.5) is 5.82 Å². The van der Waals surface area contributed by atoms with E-state index in [2.05, 4.69) is 49.0 Å². The molecule has 31 heavy (non-hydrogen) atoms. The van der Waals surface area contributed by atoms with Crippen molar-refractivity contribution < 1.29 is 4.79 Å². The highest BCUT2D eigenvalue weighted by molar-refractivity contribution is 5.82. The Hall–Kier alpha value is -2.35. The van der Waals surface area contributed by atoms with Crippen molar-refractivity contribution in [3.8, 4) is 0 Å². The Morgan fingerprint density at radius 3 is 2.29 bits per heavy atom. The molecule has 170 valence electrons. The maximum Gasteiger partial charge on any atom is 0.239 e. The number of rotatable bonds is 5. The van der Waals surface area contributed by atoms with Gasteiger partial charge in [-0.2, -0.15) is 0 Å². The zero-order chi connectivity index (χ0) is 21.6. The van der Waals surface area contributed by atoms with Gasteiger partial charge in [0.1, 0.15) is 5.82 Å². The molecule has 1 atom stereocenters. The summed E-state index contributed by atoms with van der Waals surface area (Å²) in [7, 11) is 1.84. The molecule has 0 radical (unpaired) electrons. The fourth-order valence-corrected chi connectivity index (χ4v) is 4.85. The van der Waals surface area contributed by atoms with Crippen molar-refractivity contribution in [1.82, 2.24) is 25.0 Å². The van der Waals surface area contributed by atoms with Crippen LogP contribution < -0.4 is 10.2 Å². The van der Waals surface area contributed by atoms with Gasteiger partial charge in [-0.3, -0.25) is 14.7 Å². The number of hydrogen-bond donors (Lipinski definition) is 1. The van der Waals surface area contributed by atoms with Gasteiger partial charge in [-0.1, -0.05) is 6.07 Å². The van der Waals surface area contributed by atoms with Gasteiger partial charge in [0.15, 0.2) is 5.96 Å². The molecule has 1 amide bonds. The smallest absolute Gasteiger partial charge is 0.239 e. The van der Waals surface area contributed by atoms with Crippen molar-refractivity contribution in [2.45, 2.75) is 45.2 Å². The Balaban J connectivity index is 1.24. The van der Waals surface area contributed by atoms with Crippen LogP contribution in [-0.2, 0) is 11.3 Å². The molecule has 0 bridgehead atoms. The van der Waals surface area contributed by atoms with Crippen LogP contribution in [0.1, 0.15) is 38.2 Å². The van der Waals surface area contributed by atoms with Gasteiger partial charge in [0.25, 0.3) is 0 Å². The second kappa shape index (κ2) is 10.3. The van der Waals surface area contributed by atoms with E-state index >= 15 is 0 Å². The molecule has 3 saturated heterocycles. The van der Waals surface area contributed by atoms with Crippen LogP contribution >= 0.6 is 0 Å². The molecule has 0 saturated carbocycles. The molecule has 3 aliphatic rings. The lowest BCUT2D eigenvalue weighted by Gasteiger charge is -2.39. The molecule has 3 fully saturated rings. The molecule has 1 aromatic heterocycles. The van der Waals surface area contributed by atoms with Crippen LogP contribution in [0.25, 0.3) is 0 Å². The molecule has 0 spiro atoms. The Kier molecular flexibility index (Phi) is 7.27. The number of carbonyl (C=O) groups excluding carboxylic acids is 1. The van der Waals surface area contributed by atoms with Crippen molar-refractivity contribution in [3.05, 3.63) is 23.9 Å². The van der Waals surface area contributed by atoms with Crippen molar-refractivity contribution in [3.63, 3.8) is 0 Å². The van der Waals surface area contributed by atoms with E-state index in [0.29, 0.717) is 12.5 Å². The molecule has 1 unspecified atom stereocenters. The lowest BCUT2D eigenvalue weighted by Crippen LogP contribution is -2.57. The average Bonchev–Trinajstić information content (AvgIpc) is 3.54. The second-order valence-corrected chi connectivity index (χ2v) is 8.85. The zero-order valence-corrected chi connectivity index (χ0v) is 19.1. The lowest BCUT2D eigenvalue weighted by atomic mass is 10.2. The zero-order valence-electron chi connectivity index (χ0n) is 19.1. The number of aliphatic imine (C=N–C) groups is 1. The normalized spacial score (nSPS) is 21.6. The van der Waals surface area contributed by atoms with Gasteiger partial charge in [0.05, 0.1) is 6.04 Å². The van der Waals surface area contributed by atoms with Gasteiger partial charge in [-0.25, -0.2) is 4.98 Å². The molecule has 3 aliphatic heterocycles.